The summed E-state index contributed by atoms with van der Waals surface area (Å²) in [5.74, 6) is -1.76. The predicted molar refractivity (Wildman–Crippen MR) is 53.5 cm³/mol. The molecule has 0 spiro atoms. The van der Waals surface area contributed by atoms with E-state index in [2.05, 4.69) is 5.32 Å². The van der Waals surface area contributed by atoms with Crippen molar-refractivity contribution in [1.82, 2.24) is 5.32 Å². The monoisotopic (exact) mass is 215 g/mol. The Balaban J connectivity index is 2.81. The number of carboxylic acids is 2. The summed E-state index contributed by atoms with van der Waals surface area (Å²) in [4.78, 5) is 21.8. The van der Waals surface area contributed by atoms with E-state index in [1.165, 1.54) is 0 Å². The Hall–Kier alpha value is -1.10. The molecule has 1 rings (SSSR count). The van der Waals surface area contributed by atoms with Crippen molar-refractivity contribution in [3.05, 3.63) is 0 Å². The van der Waals surface area contributed by atoms with E-state index in [0.717, 1.165) is 0 Å². The fourth-order valence-corrected chi connectivity index (χ4v) is 2.18. The van der Waals surface area contributed by atoms with E-state index in [-0.39, 0.29) is 12.0 Å². The molecule has 1 heterocycles. The summed E-state index contributed by atoms with van der Waals surface area (Å²) >= 11 is 0. The van der Waals surface area contributed by atoms with Crippen molar-refractivity contribution in [3.8, 4) is 0 Å². The van der Waals surface area contributed by atoms with Gasteiger partial charge in [-0.2, -0.15) is 0 Å². The number of rotatable bonds is 3. The van der Waals surface area contributed by atoms with Crippen LogP contribution in [-0.2, 0) is 9.59 Å². The van der Waals surface area contributed by atoms with E-state index in [1.807, 2.05) is 6.92 Å². The molecule has 0 unspecified atom stereocenters. The third-order valence-electron chi connectivity index (χ3n) is 3.18. The molecule has 5 nitrogen and oxygen atoms in total. The van der Waals surface area contributed by atoms with Gasteiger partial charge >= 0.3 is 11.9 Å². The molecule has 86 valence electrons. The Kier molecular flexibility index (Phi) is 3.04. The standard InChI is InChI=1S/C10H17NO4/c1-5-4-6(8(12)13)11-7(5)10(2,3)9(14)15/h5-7,11H,4H2,1-3H3,(H,12,13)(H,14,15)/t5-,6-,7-/m0/s1. The van der Waals surface area contributed by atoms with Crippen molar-refractivity contribution in [1.29, 1.82) is 0 Å². The summed E-state index contributed by atoms with van der Waals surface area (Å²) in [7, 11) is 0. The molecule has 1 aliphatic rings. The van der Waals surface area contributed by atoms with Gasteiger partial charge in [0.2, 0.25) is 0 Å². The number of hydrogen-bond donors (Lipinski definition) is 3. The molecule has 0 aromatic rings. The maximum absolute atomic E-state index is 11.0. The van der Waals surface area contributed by atoms with Gasteiger partial charge < -0.3 is 15.5 Å². The van der Waals surface area contributed by atoms with Crippen LogP contribution in [0.2, 0.25) is 0 Å². The third kappa shape index (κ3) is 2.12. The minimum Gasteiger partial charge on any atom is -0.481 e. The fraction of sp³-hybridized carbons (Fsp3) is 0.800. The normalized spacial score (nSPS) is 31.5. The maximum atomic E-state index is 11.0. The van der Waals surface area contributed by atoms with Crippen LogP contribution in [0.5, 0.6) is 0 Å². The van der Waals surface area contributed by atoms with E-state index in [9.17, 15) is 9.59 Å². The van der Waals surface area contributed by atoms with Gasteiger partial charge in [0.1, 0.15) is 6.04 Å². The number of carbonyl (C=O) groups is 2. The van der Waals surface area contributed by atoms with Crippen LogP contribution < -0.4 is 5.32 Å². The highest BCUT2D eigenvalue weighted by Crippen LogP contribution is 2.33. The van der Waals surface area contributed by atoms with Gasteiger partial charge in [0.25, 0.3) is 0 Å². The van der Waals surface area contributed by atoms with Crippen molar-refractivity contribution in [2.24, 2.45) is 11.3 Å². The van der Waals surface area contributed by atoms with Crippen molar-refractivity contribution < 1.29 is 19.8 Å². The molecule has 3 atom stereocenters. The third-order valence-corrected chi connectivity index (χ3v) is 3.18. The minimum absolute atomic E-state index is 0.0530. The minimum atomic E-state index is -0.941. The van der Waals surface area contributed by atoms with Gasteiger partial charge in [0.05, 0.1) is 5.41 Å². The predicted octanol–water partition coefficient (Wildman–Crippen LogP) is 0.548. The second-order valence-corrected chi connectivity index (χ2v) is 4.77. The topological polar surface area (TPSA) is 86.6 Å². The Morgan fingerprint density at radius 2 is 1.87 bits per heavy atom. The smallest absolute Gasteiger partial charge is 0.320 e. The maximum Gasteiger partial charge on any atom is 0.320 e. The highest BCUT2D eigenvalue weighted by atomic mass is 16.4. The Bertz CT molecular complexity index is 287. The Labute approximate surface area is 88.5 Å². The van der Waals surface area contributed by atoms with Crippen LogP contribution in [0.15, 0.2) is 0 Å². The first-order valence-corrected chi connectivity index (χ1v) is 4.99. The van der Waals surface area contributed by atoms with Crippen LogP contribution in [0, 0.1) is 11.3 Å². The molecule has 0 aromatic carbocycles. The summed E-state index contributed by atoms with van der Waals surface area (Å²) in [5, 5.41) is 20.8. The van der Waals surface area contributed by atoms with Gasteiger partial charge in [-0.15, -0.1) is 0 Å². The zero-order valence-electron chi connectivity index (χ0n) is 9.15. The highest BCUT2D eigenvalue weighted by Gasteiger charge is 2.46. The number of hydrogen-bond acceptors (Lipinski definition) is 3. The van der Waals surface area contributed by atoms with Crippen LogP contribution >= 0.6 is 0 Å². The van der Waals surface area contributed by atoms with E-state index >= 15 is 0 Å². The SMILES string of the molecule is C[C@H]1C[C@@H](C(=O)O)N[C@@H]1C(C)(C)C(=O)O. The zero-order valence-corrected chi connectivity index (χ0v) is 9.15. The van der Waals surface area contributed by atoms with Gasteiger partial charge in [-0.1, -0.05) is 6.92 Å². The summed E-state index contributed by atoms with van der Waals surface area (Å²) < 4.78 is 0. The first-order chi connectivity index (χ1) is 6.76. The number of nitrogens with one attached hydrogen (secondary N) is 1. The van der Waals surface area contributed by atoms with Crippen LogP contribution in [0.25, 0.3) is 0 Å². The molecule has 3 N–H and O–H groups in total. The average molecular weight is 215 g/mol. The van der Waals surface area contributed by atoms with Crippen LogP contribution in [0.1, 0.15) is 27.2 Å². The van der Waals surface area contributed by atoms with Gasteiger partial charge in [-0.25, -0.2) is 0 Å². The lowest BCUT2D eigenvalue weighted by molar-refractivity contribution is -0.149. The van der Waals surface area contributed by atoms with Crippen LogP contribution in [0.4, 0.5) is 0 Å². The average Bonchev–Trinajstić information content (AvgIpc) is 2.47. The summed E-state index contributed by atoms with van der Waals surface area (Å²) in [6.07, 6.45) is 0.483. The molecular weight excluding hydrogens is 198 g/mol. The van der Waals surface area contributed by atoms with E-state index in [0.29, 0.717) is 6.42 Å². The molecule has 0 aliphatic carbocycles. The lowest BCUT2D eigenvalue weighted by Crippen LogP contribution is -2.48. The van der Waals surface area contributed by atoms with Crippen LogP contribution in [-0.4, -0.2) is 34.2 Å². The molecule has 0 radical (unpaired) electrons. The van der Waals surface area contributed by atoms with Crippen molar-refractivity contribution in [2.45, 2.75) is 39.3 Å². The van der Waals surface area contributed by atoms with Crippen molar-refractivity contribution in [2.75, 3.05) is 0 Å². The first-order valence-electron chi connectivity index (χ1n) is 4.99. The second kappa shape index (κ2) is 3.81. The van der Waals surface area contributed by atoms with Crippen molar-refractivity contribution in [3.63, 3.8) is 0 Å². The largest absolute Gasteiger partial charge is 0.481 e. The summed E-state index contributed by atoms with van der Waals surface area (Å²) in [5.41, 5.74) is -0.941. The zero-order chi connectivity index (χ0) is 11.8. The molecular formula is C10H17NO4. The van der Waals surface area contributed by atoms with E-state index in [1.54, 1.807) is 13.8 Å². The molecule has 0 amide bonds. The Morgan fingerprint density at radius 1 is 1.33 bits per heavy atom. The first kappa shape index (κ1) is 12.0. The van der Waals surface area contributed by atoms with Gasteiger partial charge in [-0.3, -0.25) is 9.59 Å². The van der Waals surface area contributed by atoms with Crippen molar-refractivity contribution >= 4 is 11.9 Å². The lowest BCUT2D eigenvalue weighted by atomic mass is 9.79. The second-order valence-electron chi connectivity index (χ2n) is 4.77. The molecule has 5 heteroatoms. The molecule has 0 aromatic heterocycles. The van der Waals surface area contributed by atoms with Gasteiger partial charge in [0.15, 0.2) is 0 Å². The fourth-order valence-electron chi connectivity index (χ4n) is 2.18. The van der Waals surface area contributed by atoms with E-state index < -0.39 is 23.4 Å². The molecule has 1 saturated heterocycles. The molecule has 15 heavy (non-hydrogen) atoms. The highest BCUT2D eigenvalue weighted by molar-refractivity contribution is 5.77. The number of aliphatic carboxylic acids is 2. The Morgan fingerprint density at radius 3 is 2.20 bits per heavy atom. The lowest BCUT2D eigenvalue weighted by Gasteiger charge is -2.30. The van der Waals surface area contributed by atoms with Crippen LogP contribution in [0.3, 0.4) is 0 Å². The quantitative estimate of drug-likeness (QED) is 0.640. The molecule has 0 bridgehead atoms. The summed E-state index contributed by atoms with van der Waals surface area (Å²) in [6, 6.07) is -0.917. The number of carboxylic acid groups (broad SMARTS) is 2. The van der Waals surface area contributed by atoms with Gasteiger partial charge in [0, 0.05) is 6.04 Å². The summed E-state index contributed by atoms with van der Waals surface area (Å²) in [6.45, 7) is 5.12. The molecule has 1 fully saturated rings. The van der Waals surface area contributed by atoms with E-state index in [4.69, 9.17) is 10.2 Å². The molecule has 1 aliphatic heterocycles. The molecule has 0 saturated carbocycles. The van der Waals surface area contributed by atoms with Gasteiger partial charge in [-0.05, 0) is 26.2 Å².